The topological polar surface area (TPSA) is 83.8 Å². The molecular formula is C31H50O5. The first-order valence-corrected chi connectivity index (χ1v) is 14.5. The van der Waals surface area contributed by atoms with Gasteiger partial charge in [-0.25, -0.2) is 0 Å². The zero-order chi connectivity index (χ0) is 26.5. The lowest BCUT2D eigenvalue weighted by atomic mass is 9.46. The molecule has 5 heteroatoms. The van der Waals surface area contributed by atoms with Crippen molar-refractivity contribution in [3.8, 4) is 0 Å². The van der Waals surface area contributed by atoms with Crippen LogP contribution in [-0.4, -0.2) is 33.4 Å². The van der Waals surface area contributed by atoms with E-state index in [4.69, 9.17) is 9.84 Å². The van der Waals surface area contributed by atoms with Crippen molar-refractivity contribution in [1.82, 2.24) is 0 Å². The van der Waals surface area contributed by atoms with Gasteiger partial charge < -0.3 is 14.9 Å². The van der Waals surface area contributed by atoms with Gasteiger partial charge in [-0.3, -0.25) is 9.59 Å². The van der Waals surface area contributed by atoms with Crippen LogP contribution in [0, 0.1) is 40.4 Å². The minimum atomic E-state index is -0.959. The molecule has 2 N–H and O–H groups in total. The van der Waals surface area contributed by atoms with Gasteiger partial charge in [-0.15, -0.1) is 0 Å². The third-order valence-electron chi connectivity index (χ3n) is 11.2. The second-order valence-electron chi connectivity index (χ2n) is 14.3. The predicted molar refractivity (Wildman–Crippen MR) is 141 cm³/mol. The van der Waals surface area contributed by atoms with Crippen LogP contribution in [0.3, 0.4) is 0 Å². The molecule has 0 saturated heterocycles. The summed E-state index contributed by atoms with van der Waals surface area (Å²) in [5.74, 6) is 2.28. The number of fused-ring (bicyclic) bond motifs is 5. The highest BCUT2D eigenvalue weighted by atomic mass is 16.6. The summed E-state index contributed by atoms with van der Waals surface area (Å²) in [5, 5.41) is 19.2. The Labute approximate surface area is 218 Å². The Bertz CT molecular complexity index is 886. The van der Waals surface area contributed by atoms with Crippen LogP contribution in [0.1, 0.15) is 119 Å². The normalized spacial score (nSPS) is 40.9. The Morgan fingerprint density at radius 3 is 2.47 bits per heavy atom. The van der Waals surface area contributed by atoms with Crippen molar-refractivity contribution >= 4 is 11.9 Å². The molecule has 0 aromatic carbocycles. The fourth-order valence-electron chi connectivity index (χ4n) is 9.17. The van der Waals surface area contributed by atoms with Crippen molar-refractivity contribution in [3.63, 3.8) is 0 Å². The van der Waals surface area contributed by atoms with Crippen LogP contribution < -0.4 is 0 Å². The third kappa shape index (κ3) is 5.28. The SMILES string of the molecule is C[C@H](CCC(C)(C)O)[C@H]1CC[C@H]2C3CC=C4C[C@@](C)(OC(=O)CCC(=O)O)CC[C@]4(C)[C@H]3CCC12C. The van der Waals surface area contributed by atoms with Gasteiger partial charge in [0.2, 0.25) is 0 Å². The van der Waals surface area contributed by atoms with Gasteiger partial charge in [-0.1, -0.05) is 32.4 Å². The fourth-order valence-corrected chi connectivity index (χ4v) is 9.17. The summed E-state index contributed by atoms with van der Waals surface area (Å²) in [7, 11) is 0. The molecule has 0 aromatic rings. The number of carbonyl (C=O) groups is 2. The molecule has 3 saturated carbocycles. The van der Waals surface area contributed by atoms with Gasteiger partial charge in [0.1, 0.15) is 5.60 Å². The Kier molecular flexibility index (Phi) is 7.49. The maximum Gasteiger partial charge on any atom is 0.306 e. The van der Waals surface area contributed by atoms with Gasteiger partial charge in [0.05, 0.1) is 18.4 Å². The summed E-state index contributed by atoms with van der Waals surface area (Å²) < 4.78 is 5.87. The van der Waals surface area contributed by atoms with Crippen molar-refractivity contribution in [2.75, 3.05) is 0 Å². The molecule has 4 aliphatic carbocycles. The second-order valence-corrected chi connectivity index (χ2v) is 14.3. The average Bonchev–Trinajstić information content (AvgIpc) is 3.13. The Balaban J connectivity index is 1.45. The molecule has 0 spiro atoms. The molecule has 0 aliphatic heterocycles. The lowest BCUT2D eigenvalue weighted by Crippen LogP contribution is -2.52. The number of aliphatic carboxylic acids is 1. The maximum atomic E-state index is 12.3. The van der Waals surface area contributed by atoms with E-state index >= 15 is 0 Å². The van der Waals surface area contributed by atoms with Gasteiger partial charge >= 0.3 is 11.9 Å². The fraction of sp³-hybridized carbons (Fsp3) is 0.871. The minimum absolute atomic E-state index is 0.0540. The van der Waals surface area contributed by atoms with E-state index < -0.39 is 17.2 Å². The molecular weight excluding hydrogens is 452 g/mol. The zero-order valence-corrected chi connectivity index (χ0v) is 23.6. The summed E-state index contributed by atoms with van der Waals surface area (Å²) >= 11 is 0. The Morgan fingerprint density at radius 2 is 1.81 bits per heavy atom. The number of allylic oxidation sites excluding steroid dienone is 1. The smallest absolute Gasteiger partial charge is 0.306 e. The van der Waals surface area contributed by atoms with Gasteiger partial charge in [-0.05, 0) is 119 Å². The van der Waals surface area contributed by atoms with E-state index in [1.165, 1.54) is 31.3 Å². The van der Waals surface area contributed by atoms with E-state index in [9.17, 15) is 14.7 Å². The first-order valence-electron chi connectivity index (χ1n) is 14.5. The molecule has 0 bridgehead atoms. The highest BCUT2D eigenvalue weighted by molar-refractivity contribution is 5.76. The number of esters is 1. The molecule has 4 aliphatic rings. The maximum absolute atomic E-state index is 12.3. The first-order chi connectivity index (χ1) is 16.7. The van der Waals surface area contributed by atoms with E-state index in [2.05, 4.69) is 26.8 Å². The second kappa shape index (κ2) is 9.75. The summed E-state index contributed by atoms with van der Waals surface area (Å²) in [6.07, 6.45) is 13.3. The van der Waals surface area contributed by atoms with Gasteiger partial charge in [0, 0.05) is 6.42 Å². The van der Waals surface area contributed by atoms with Gasteiger partial charge in [-0.2, -0.15) is 0 Å². The summed E-state index contributed by atoms with van der Waals surface area (Å²) in [6.45, 7) is 13.4. The van der Waals surface area contributed by atoms with E-state index in [1.54, 1.807) is 0 Å². The molecule has 3 fully saturated rings. The van der Waals surface area contributed by atoms with Crippen molar-refractivity contribution in [3.05, 3.63) is 11.6 Å². The van der Waals surface area contributed by atoms with Crippen LogP contribution in [-0.2, 0) is 14.3 Å². The molecule has 0 radical (unpaired) electrons. The highest BCUT2D eigenvalue weighted by Gasteiger charge is 2.60. The average molecular weight is 503 g/mol. The van der Waals surface area contributed by atoms with Crippen molar-refractivity contribution in [2.24, 2.45) is 40.4 Å². The van der Waals surface area contributed by atoms with Crippen LogP contribution in [0.25, 0.3) is 0 Å². The minimum Gasteiger partial charge on any atom is -0.481 e. The number of rotatable bonds is 8. The third-order valence-corrected chi connectivity index (χ3v) is 11.2. The Hall–Kier alpha value is -1.36. The number of aliphatic hydroxyl groups is 1. The lowest BCUT2D eigenvalue weighted by Gasteiger charge is -2.59. The summed E-state index contributed by atoms with van der Waals surface area (Å²) in [5.41, 5.74) is 0.960. The van der Waals surface area contributed by atoms with E-state index in [1.807, 2.05) is 20.8 Å². The van der Waals surface area contributed by atoms with Crippen LogP contribution in [0.15, 0.2) is 11.6 Å². The molecule has 8 atom stereocenters. The van der Waals surface area contributed by atoms with Crippen molar-refractivity contribution in [1.29, 1.82) is 0 Å². The number of carboxylic acids is 1. The quantitative estimate of drug-likeness (QED) is 0.278. The number of hydrogen-bond acceptors (Lipinski definition) is 4. The number of carboxylic acid groups (broad SMARTS) is 1. The molecule has 4 rings (SSSR count). The van der Waals surface area contributed by atoms with Gasteiger partial charge in [0.15, 0.2) is 0 Å². The van der Waals surface area contributed by atoms with E-state index in [0.717, 1.165) is 56.3 Å². The lowest BCUT2D eigenvalue weighted by molar-refractivity contribution is -0.164. The van der Waals surface area contributed by atoms with Crippen LogP contribution in [0.5, 0.6) is 0 Å². The van der Waals surface area contributed by atoms with E-state index in [-0.39, 0.29) is 24.2 Å². The highest BCUT2D eigenvalue weighted by Crippen LogP contribution is 2.68. The molecule has 0 amide bonds. The molecule has 5 nitrogen and oxygen atoms in total. The predicted octanol–water partition coefficient (Wildman–Crippen LogP) is 6.92. The molecule has 0 aromatic heterocycles. The van der Waals surface area contributed by atoms with Crippen molar-refractivity contribution in [2.45, 2.75) is 130 Å². The van der Waals surface area contributed by atoms with Crippen LogP contribution >= 0.6 is 0 Å². The van der Waals surface area contributed by atoms with Crippen LogP contribution in [0.4, 0.5) is 0 Å². The zero-order valence-electron chi connectivity index (χ0n) is 23.6. The van der Waals surface area contributed by atoms with E-state index in [0.29, 0.717) is 17.3 Å². The largest absolute Gasteiger partial charge is 0.481 e. The molecule has 204 valence electrons. The standard InChI is InChI=1S/C31H50O5/c1-20(13-15-28(2,3)35)23-9-10-24-22-8-7-21-19-29(4,36-27(34)12-11-26(32)33)17-18-30(21,5)25(22)14-16-31(23,24)6/h7,20,22-25,35H,8-19H2,1-6H3,(H,32,33)/t20-,22?,23-,24+,25+,29+,30+,31?/m1/s1. The summed E-state index contributed by atoms with van der Waals surface area (Å²) in [6, 6.07) is 0. The first kappa shape index (κ1) is 27.7. The van der Waals surface area contributed by atoms with Crippen molar-refractivity contribution < 1.29 is 24.5 Å². The molecule has 2 unspecified atom stereocenters. The number of carbonyl (C=O) groups excluding carboxylic acids is 1. The Morgan fingerprint density at radius 1 is 1.08 bits per heavy atom. The number of hydrogen-bond donors (Lipinski definition) is 2. The summed E-state index contributed by atoms with van der Waals surface area (Å²) in [4.78, 5) is 23.2. The van der Waals surface area contributed by atoms with Crippen LogP contribution in [0.2, 0.25) is 0 Å². The van der Waals surface area contributed by atoms with Gasteiger partial charge in [0.25, 0.3) is 0 Å². The molecule has 0 heterocycles. The monoisotopic (exact) mass is 502 g/mol. The number of ether oxygens (including phenoxy) is 1. The molecule has 36 heavy (non-hydrogen) atoms.